The van der Waals surface area contributed by atoms with Gasteiger partial charge in [-0.05, 0) is 38.3 Å². The highest BCUT2D eigenvalue weighted by Gasteiger charge is 2.18. The van der Waals surface area contributed by atoms with Gasteiger partial charge in [-0.2, -0.15) is 0 Å². The highest BCUT2D eigenvalue weighted by atomic mass is 35.5. The molecule has 1 rings (SSSR count). The Morgan fingerprint density at radius 3 is 2.64 bits per heavy atom. The van der Waals surface area contributed by atoms with Crippen molar-refractivity contribution in [1.82, 2.24) is 5.32 Å². The lowest BCUT2D eigenvalue weighted by atomic mass is 10.0. The minimum Gasteiger partial charge on any atom is -0.444 e. The molecule has 0 heterocycles. The second kappa shape index (κ2) is 8.36. The molecule has 22 heavy (non-hydrogen) atoms. The Hall–Kier alpha value is -1.30. The summed E-state index contributed by atoms with van der Waals surface area (Å²) in [7, 11) is 0. The number of aliphatic hydroxyl groups is 2. The number of carbonyl (C=O) groups is 1. The molecular formula is C16H24ClNO4. The molecule has 0 fully saturated rings. The normalized spacial score (nSPS) is 14.3. The SMILES string of the molecule is CC(C)(C)OC(=O)NCc1cccc(C(O)C(O)CCCl)c1. The number of aliphatic hydroxyl groups excluding tert-OH is 2. The largest absolute Gasteiger partial charge is 0.444 e. The summed E-state index contributed by atoms with van der Waals surface area (Å²) in [5.41, 5.74) is 0.843. The molecule has 0 spiro atoms. The van der Waals surface area contributed by atoms with Crippen LogP contribution in [0, 0.1) is 0 Å². The third-order valence-corrected chi connectivity index (χ3v) is 3.12. The Labute approximate surface area is 136 Å². The Balaban J connectivity index is 2.63. The summed E-state index contributed by atoms with van der Waals surface area (Å²) >= 11 is 5.56. The number of ether oxygens (including phenoxy) is 1. The molecule has 1 aromatic rings. The maximum Gasteiger partial charge on any atom is 0.407 e. The summed E-state index contributed by atoms with van der Waals surface area (Å²) < 4.78 is 5.15. The first-order valence-corrected chi connectivity index (χ1v) is 7.74. The molecule has 0 saturated heterocycles. The van der Waals surface area contributed by atoms with Gasteiger partial charge < -0.3 is 20.3 Å². The van der Waals surface area contributed by atoms with E-state index >= 15 is 0 Å². The van der Waals surface area contributed by atoms with Gasteiger partial charge in [-0.3, -0.25) is 0 Å². The van der Waals surface area contributed by atoms with Gasteiger partial charge in [0.25, 0.3) is 0 Å². The first kappa shape index (κ1) is 18.7. The molecule has 1 aromatic carbocycles. The van der Waals surface area contributed by atoms with Gasteiger partial charge in [0.15, 0.2) is 0 Å². The van der Waals surface area contributed by atoms with Crippen LogP contribution >= 0.6 is 11.6 Å². The van der Waals surface area contributed by atoms with E-state index in [0.717, 1.165) is 5.56 Å². The van der Waals surface area contributed by atoms with Crippen molar-refractivity contribution in [2.24, 2.45) is 0 Å². The monoisotopic (exact) mass is 329 g/mol. The minimum atomic E-state index is -1.000. The number of hydrogen-bond acceptors (Lipinski definition) is 4. The molecule has 2 unspecified atom stereocenters. The van der Waals surface area contributed by atoms with Gasteiger partial charge in [-0.15, -0.1) is 11.6 Å². The number of alkyl halides is 1. The Bertz CT molecular complexity index is 487. The summed E-state index contributed by atoms with van der Waals surface area (Å²) in [6, 6.07) is 7.04. The van der Waals surface area contributed by atoms with E-state index < -0.39 is 23.9 Å². The van der Waals surface area contributed by atoms with Gasteiger partial charge in [0.2, 0.25) is 0 Å². The number of carbonyl (C=O) groups excluding carboxylic acids is 1. The van der Waals surface area contributed by atoms with Crippen molar-refractivity contribution >= 4 is 17.7 Å². The summed E-state index contributed by atoms with van der Waals surface area (Å²) in [5, 5.41) is 22.5. The first-order chi connectivity index (χ1) is 10.2. The zero-order valence-electron chi connectivity index (χ0n) is 13.2. The van der Waals surface area contributed by atoms with Crippen LogP contribution in [0.15, 0.2) is 24.3 Å². The van der Waals surface area contributed by atoms with Crippen molar-refractivity contribution in [3.8, 4) is 0 Å². The summed E-state index contributed by atoms with van der Waals surface area (Å²) in [6.07, 6.45) is -2.10. The van der Waals surface area contributed by atoms with Crippen LogP contribution in [0.4, 0.5) is 4.79 Å². The zero-order chi connectivity index (χ0) is 16.8. The highest BCUT2D eigenvalue weighted by Crippen LogP contribution is 2.20. The van der Waals surface area contributed by atoms with Crippen molar-refractivity contribution in [1.29, 1.82) is 0 Å². The van der Waals surface area contributed by atoms with Crippen LogP contribution in [0.3, 0.4) is 0 Å². The van der Waals surface area contributed by atoms with Crippen LogP contribution in [-0.2, 0) is 11.3 Å². The van der Waals surface area contributed by atoms with Crippen molar-refractivity contribution in [2.75, 3.05) is 5.88 Å². The van der Waals surface area contributed by atoms with E-state index in [1.54, 1.807) is 39.0 Å². The second-order valence-electron chi connectivity index (χ2n) is 6.09. The third kappa shape index (κ3) is 6.64. The maximum atomic E-state index is 11.6. The van der Waals surface area contributed by atoms with Gasteiger partial charge in [0.1, 0.15) is 11.7 Å². The molecule has 1 amide bonds. The van der Waals surface area contributed by atoms with Crippen LogP contribution < -0.4 is 5.32 Å². The number of hydrogen-bond donors (Lipinski definition) is 3. The summed E-state index contributed by atoms with van der Waals surface area (Å²) in [5.74, 6) is 0.276. The lowest BCUT2D eigenvalue weighted by Gasteiger charge is -2.20. The van der Waals surface area contributed by atoms with E-state index in [1.165, 1.54) is 0 Å². The smallest absolute Gasteiger partial charge is 0.407 e. The molecular weight excluding hydrogens is 306 g/mol. The average Bonchev–Trinajstić information content (AvgIpc) is 2.43. The van der Waals surface area contributed by atoms with Gasteiger partial charge in [0.05, 0.1) is 6.10 Å². The fraction of sp³-hybridized carbons (Fsp3) is 0.562. The number of halogens is 1. The van der Waals surface area contributed by atoms with Crippen LogP contribution in [0.1, 0.15) is 44.4 Å². The van der Waals surface area contributed by atoms with Crippen LogP contribution in [-0.4, -0.2) is 33.9 Å². The van der Waals surface area contributed by atoms with E-state index in [0.29, 0.717) is 12.0 Å². The van der Waals surface area contributed by atoms with E-state index in [4.69, 9.17) is 16.3 Å². The van der Waals surface area contributed by atoms with E-state index in [1.807, 2.05) is 6.07 Å². The molecule has 0 aliphatic carbocycles. The van der Waals surface area contributed by atoms with Crippen molar-refractivity contribution < 1.29 is 19.7 Å². The number of alkyl carbamates (subject to hydrolysis) is 1. The second-order valence-corrected chi connectivity index (χ2v) is 6.47. The molecule has 124 valence electrons. The topological polar surface area (TPSA) is 78.8 Å². The Kier molecular flexibility index (Phi) is 7.13. The first-order valence-electron chi connectivity index (χ1n) is 7.20. The molecule has 5 nitrogen and oxygen atoms in total. The van der Waals surface area contributed by atoms with E-state index in [2.05, 4.69) is 5.32 Å². The number of amides is 1. The lowest BCUT2D eigenvalue weighted by Crippen LogP contribution is -2.32. The highest BCUT2D eigenvalue weighted by molar-refractivity contribution is 6.17. The van der Waals surface area contributed by atoms with Crippen molar-refractivity contribution in [3.63, 3.8) is 0 Å². The summed E-state index contributed by atoms with van der Waals surface area (Å²) in [4.78, 5) is 11.6. The quantitative estimate of drug-likeness (QED) is 0.701. The molecule has 6 heteroatoms. The molecule has 0 saturated carbocycles. The average molecular weight is 330 g/mol. The Morgan fingerprint density at radius 1 is 1.36 bits per heavy atom. The molecule has 0 aromatic heterocycles. The minimum absolute atomic E-state index is 0.276. The molecule has 0 aliphatic heterocycles. The predicted octanol–water partition coefficient (Wildman–Crippen LogP) is 2.73. The molecule has 0 radical (unpaired) electrons. The zero-order valence-corrected chi connectivity index (χ0v) is 13.9. The standard InChI is InChI=1S/C16H24ClNO4/c1-16(2,3)22-15(21)18-10-11-5-4-6-12(9-11)14(20)13(19)7-8-17/h4-6,9,13-14,19-20H,7-8,10H2,1-3H3,(H,18,21). The lowest BCUT2D eigenvalue weighted by molar-refractivity contribution is 0.0169. The van der Waals surface area contributed by atoms with Gasteiger partial charge in [-0.1, -0.05) is 24.3 Å². The van der Waals surface area contributed by atoms with Crippen LogP contribution in [0.2, 0.25) is 0 Å². The van der Waals surface area contributed by atoms with E-state index in [-0.39, 0.29) is 12.4 Å². The maximum absolute atomic E-state index is 11.6. The Morgan fingerprint density at radius 2 is 2.05 bits per heavy atom. The van der Waals surface area contributed by atoms with Crippen LogP contribution in [0.25, 0.3) is 0 Å². The van der Waals surface area contributed by atoms with Crippen molar-refractivity contribution in [2.45, 2.75) is 51.5 Å². The van der Waals surface area contributed by atoms with Crippen LogP contribution in [0.5, 0.6) is 0 Å². The fourth-order valence-electron chi connectivity index (χ4n) is 1.87. The predicted molar refractivity (Wildman–Crippen MR) is 85.8 cm³/mol. The van der Waals surface area contributed by atoms with Gasteiger partial charge in [-0.25, -0.2) is 4.79 Å². The summed E-state index contributed by atoms with van der Waals surface area (Å²) in [6.45, 7) is 5.66. The number of nitrogens with one attached hydrogen (secondary N) is 1. The fourth-order valence-corrected chi connectivity index (χ4v) is 2.09. The third-order valence-electron chi connectivity index (χ3n) is 2.90. The molecule has 0 aliphatic rings. The van der Waals surface area contributed by atoms with E-state index in [9.17, 15) is 15.0 Å². The van der Waals surface area contributed by atoms with Gasteiger partial charge in [0, 0.05) is 12.4 Å². The molecule has 2 atom stereocenters. The molecule has 0 bridgehead atoms. The number of benzene rings is 1. The van der Waals surface area contributed by atoms with Gasteiger partial charge >= 0.3 is 6.09 Å². The van der Waals surface area contributed by atoms with Crippen molar-refractivity contribution in [3.05, 3.63) is 35.4 Å². The number of rotatable bonds is 6. The molecule has 3 N–H and O–H groups in total.